The molecule has 1 aromatic rings. The summed E-state index contributed by atoms with van der Waals surface area (Å²) in [5.41, 5.74) is 3.98. The van der Waals surface area contributed by atoms with Gasteiger partial charge in [0.1, 0.15) is 6.04 Å². The Hall–Kier alpha value is -2.16. The third-order valence-corrected chi connectivity index (χ3v) is 8.16. The van der Waals surface area contributed by atoms with Crippen LogP contribution in [0.25, 0.3) is 0 Å². The minimum Gasteiger partial charge on any atom is -0.343 e. The number of benzene rings is 1. The molecule has 3 amide bonds. The van der Waals surface area contributed by atoms with Crippen molar-refractivity contribution >= 4 is 29.3 Å². The van der Waals surface area contributed by atoms with E-state index < -0.39 is 6.04 Å². The van der Waals surface area contributed by atoms with Gasteiger partial charge < -0.3 is 15.5 Å². The van der Waals surface area contributed by atoms with Gasteiger partial charge in [0.2, 0.25) is 11.8 Å². The van der Waals surface area contributed by atoms with E-state index in [9.17, 15) is 14.4 Å². The first-order valence-electron chi connectivity index (χ1n) is 14.0. The summed E-state index contributed by atoms with van der Waals surface area (Å²) in [7, 11) is 0. The van der Waals surface area contributed by atoms with Gasteiger partial charge in [0.25, 0.3) is 5.91 Å². The third kappa shape index (κ3) is 7.45. The molecule has 2 heterocycles. The third-order valence-electron chi connectivity index (χ3n) is 7.90. The number of amides is 3. The quantitative estimate of drug-likeness (QED) is 0.455. The molecule has 37 heavy (non-hydrogen) atoms. The van der Waals surface area contributed by atoms with Crippen molar-refractivity contribution in [1.82, 2.24) is 26.0 Å². The number of carbonyl (C=O) groups excluding carboxylic acids is 3. The van der Waals surface area contributed by atoms with E-state index in [1.54, 1.807) is 12.1 Å². The van der Waals surface area contributed by atoms with Crippen LogP contribution >= 0.6 is 11.6 Å². The Morgan fingerprint density at radius 3 is 2.41 bits per heavy atom. The van der Waals surface area contributed by atoms with Gasteiger partial charge in [-0.15, -0.1) is 0 Å². The van der Waals surface area contributed by atoms with E-state index in [-0.39, 0.29) is 35.7 Å². The SMILES string of the molecule is CC(C)C(=O)N(C1CCCCC1)[C@H]1CCN(NC(=O)[C@@H](Cc2ccc(Cl)cc2)NC(=O)[C@H]2CCCN2)C1. The van der Waals surface area contributed by atoms with Gasteiger partial charge in [-0.2, -0.15) is 0 Å². The number of nitrogens with one attached hydrogen (secondary N) is 3. The lowest BCUT2D eigenvalue weighted by Crippen LogP contribution is -2.56. The molecule has 3 N–H and O–H groups in total. The first kappa shape index (κ1) is 27.9. The van der Waals surface area contributed by atoms with Crippen molar-refractivity contribution in [3.63, 3.8) is 0 Å². The van der Waals surface area contributed by atoms with E-state index in [0.29, 0.717) is 30.6 Å². The number of hydrogen-bond acceptors (Lipinski definition) is 5. The Balaban J connectivity index is 1.41. The molecular weight excluding hydrogens is 490 g/mol. The van der Waals surface area contributed by atoms with Gasteiger partial charge in [-0.25, -0.2) is 5.01 Å². The van der Waals surface area contributed by atoms with Crippen LogP contribution in [0.3, 0.4) is 0 Å². The van der Waals surface area contributed by atoms with Gasteiger partial charge in [0, 0.05) is 42.5 Å². The summed E-state index contributed by atoms with van der Waals surface area (Å²) in [6.45, 7) is 6.03. The van der Waals surface area contributed by atoms with Crippen LogP contribution in [0, 0.1) is 5.92 Å². The first-order valence-corrected chi connectivity index (χ1v) is 14.4. The molecule has 0 radical (unpaired) electrons. The lowest BCUT2D eigenvalue weighted by atomic mass is 9.92. The molecule has 1 aromatic carbocycles. The van der Waals surface area contributed by atoms with Gasteiger partial charge in [0.15, 0.2) is 0 Å². The number of halogens is 1. The highest BCUT2D eigenvalue weighted by atomic mass is 35.5. The summed E-state index contributed by atoms with van der Waals surface area (Å²) >= 11 is 6.04. The van der Waals surface area contributed by atoms with Crippen LogP contribution in [0.2, 0.25) is 5.02 Å². The van der Waals surface area contributed by atoms with E-state index in [2.05, 4.69) is 21.0 Å². The van der Waals surface area contributed by atoms with Crippen molar-refractivity contribution < 1.29 is 14.4 Å². The zero-order chi connectivity index (χ0) is 26.4. The Morgan fingerprint density at radius 1 is 1.03 bits per heavy atom. The maximum atomic E-state index is 13.4. The number of rotatable bonds is 9. The highest BCUT2D eigenvalue weighted by molar-refractivity contribution is 6.30. The van der Waals surface area contributed by atoms with E-state index in [4.69, 9.17) is 11.6 Å². The zero-order valence-electron chi connectivity index (χ0n) is 22.2. The minimum absolute atomic E-state index is 0.0475. The summed E-state index contributed by atoms with van der Waals surface area (Å²) in [5.74, 6) is -0.214. The predicted molar refractivity (Wildman–Crippen MR) is 145 cm³/mol. The minimum atomic E-state index is -0.707. The molecule has 1 saturated carbocycles. The second-order valence-electron chi connectivity index (χ2n) is 11.1. The van der Waals surface area contributed by atoms with Gasteiger partial charge in [-0.1, -0.05) is 56.8 Å². The summed E-state index contributed by atoms with van der Waals surface area (Å²) < 4.78 is 0. The maximum Gasteiger partial charge on any atom is 0.257 e. The number of hydrazine groups is 1. The monoisotopic (exact) mass is 531 g/mol. The van der Waals surface area contributed by atoms with Crippen LogP contribution in [-0.4, -0.2) is 71.4 Å². The van der Waals surface area contributed by atoms with Crippen LogP contribution < -0.4 is 16.1 Å². The summed E-state index contributed by atoms with van der Waals surface area (Å²) in [6, 6.07) is 6.77. The van der Waals surface area contributed by atoms with Crippen LogP contribution in [0.4, 0.5) is 0 Å². The topological polar surface area (TPSA) is 93.8 Å². The summed E-state index contributed by atoms with van der Waals surface area (Å²) in [5, 5.41) is 8.73. The van der Waals surface area contributed by atoms with E-state index in [1.165, 1.54) is 19.3 Å². The molecule has 3 aliphatic rings. The Labute approximate surface area is 225 Å². The molecule has 8 nitrogen and oxygen atoms in total. The van der Waals surface area contributed by atoms with Crippen LogP contribution in [0.15, 0.2) is 24.3 Å². The molecule has 0 bridgehead atoms. The molecule has 2 saturated heterocycles. The first-order chi connectivity index (χ1) is 17.8. The van der Waals surface area contributed by atoms with E-state index in [1.807, 2.05) is 31.0 Å². The largest absolute Gasteiger partial charge is 0.343 e. The van der Waals surface area contributed by atoms with Gasteiger partial charge in [-0.3, -0.25) is 19.8 Å². The van der Waals surface area contributed by atoms with Crippen LogP contribution in [-0.2, 0) is 20.8 Å². The summed E-state index contributed by atoms with van der Waals surface area (Å²) in [4.78, 5) is 41.6. The molecule has 0 spiro atoms. The van der Waals surface area contributed by atoms with Crippen molar-refractivity contribution in [2.24, 2.45) is 5.92 Å². The van der Waals surface area contributed by atoms with Crippen molar-refractivity contribution in [3.05, 3.63) is 34.9 Å². The maximum absolute atomic E-state index is 13.4. The number of hydrogen-bond donors (Lipinski definition) is 3. The second-order valence-corrected chi connectivity index (χ2v) is 11.5. The van der Waals surface area contributed by atoms with Crippen molar-refractivity contribution in [3.8, 4) is 0 Å². The lowest BCUT2D eigenvalue weighted by Gasteiger charge is -2.39. The Morgan fingerprint density at radius 2 is 1.76 bits per heavy atom. The fourth-order valence-corrected chi connectivity index (χ4v) is 5.99. The average molecular weight is 532 g/mol. The molecule has 204 valence electrons. The Kier molecular flexibility index (Phi) is 9.84. The fraction of sp³-hybridized carbons (Fsp3) is 0.679. The molecule has 9 heteroatoms. The van der Waals surface area contributed by atoms with Crippen LogP contribution in [0.5, 0.6) is 0 Å². The molecule has 4 rings (SSSR count). The highest BCUT2D eigenvalue weighted by Gasteiger charge is 2.37. The second kappa shape index (κ2) is 13.1. The zero-order valence-corrected chi connectivity index (χ0v) is 22.9. The average Bonchev–Trinajstić information content (AvgIpc) is 3.58. The molecule has 3 fully saturated rings. The lowest BCUT2D eigenvalue weighted by molar-refractivity contribution is -0.140. The van der Waals surface area contributed by atoms with Crippen molar-refractivity contribution in [2.45, 2.75) is 95.8 Å². The van der Waals surface area contributed by atoms with Gasteiger partial charge in [-0.05, 0) is 56.3 Å². The molecular formula is C28H42ClN5O3. The predicted octanol–water partition coefficient (Wildman–Crippen LogP) is 3.04. The number of carbonyl (C=O) groups is 3. The fourth-order valence-electron chi connectivity index (χ4n) is 5.87. The van der Waals surface area contributed by atoms with Gasteiger partial charge in [0.05, 0.1) is 6.04 Å². The molecule has 1 aliphatic carbocycles. The van der Waals surface area contributed by atoms with E-state index in [0.717, 1.165) is 44.2 Å². The highest BCUT2D eigenvalue weighted by Crippen LogP contribution is 2.28. The van der Waals surface area contributed by atoms with Gasteiger partial charge >= 0.3 is 0 Å². The Bertz CT molecular complexity index is 928. The molecule has 3 atom stereocenters. The smallest absolute Gasteiger partial charge is 0.257 e. The van der Waals surface area contributed by atoms with Crippen molar-refractivity contribution in [2.75, 3.05) is 19.6 Å². The normalized spacial score (nSPS) is 23.7. The van der Waals surface area contributed by atoms with Crippen molar-refractivity contribution in [1.29, 1.82) is 0 Å². The number of nitrogens with zero attached hydrogens (tertiary/aromatic N) is 2. The van der Waals surface area contributed by atoms with E-state index >= 15 is 0 Å². The molecule has 0 aromatic heterocycles. The molecule has 2 aliphatic heterocycles. The van der Waals surface area contributed by atoms with Crippen LogP contribution in [0.1, 0.15) is 70.8 Å². The standard InChI is InChI=1S/C28H42ClN5O3/c1-19(2)28(37)34(22-7-4-3-5-8-22)23-14-16-33(18-23)32-27(36)25(17-20-10-12-21(29)13-11-20)31-26(35)24-9-6-15-30-24/h10-13,19,22-25,30H,3-9,14-18H2,1-2H3,(H,31,35)(H,32,36)/t23-,24+,25+/m0/s1. The molecule has 0 unspecified atom stereocenters. The summed E-state index contributed by atoms with van der Waals surface area (Å²) in [6.07, 6.45) is 8.63.